The molecule has 0 amide bonds. The molecule has 0 aliphatic rings. The van der Waals surface area contributed by atoms with Crippen LogP contribution in [0.15, 0.2) is 39.9 Å². The van der Waals surface area contributed by atoms with Gasteiger partial charge in [0.05, 0.1) is 0 Å². The standard InChI is InChI=1S/4C8H16N2.3CH3.2ClH.HI.Mg.2Ru/c4*1-7(2)9-5-6-10-8(3)4;;;;;;;;;/h4*5-8H,1-4H3;3*1H3;3*1H;;;/q;;;;3*-1;;;;3*+2/p-3. The molecule has 0 saturated heterocycles. The summed E-state index contributed by atoms with van der Waals surface area (Å²) < 4.78 is 0. The van der Waals surface area contributed by atoms with Gasteiger partial charge in [0, 0.05) is 98.1 Å². The van der Waals surface area contributed by atoms with Crippen LogP contribution in [0.2, 0.25) is 0 Å². The molecule has 0 radical (unpaired) electrons. The molecule has 49 heavy (non-hydrogen) atoms. The van der Waals surface area contributed by atoms with E-state index in [1.54, 1.807) is 49.7 Å². The number of hydrogen-bond donors (Lipinski definition) is 0. The fourth-order valence-corrected chi connectivity index (χ4v) is 1.68. The minimum absolute atomic E-state index is 0. The second-order valence-electron chi connectivity index (χ2n) is 11.2. The van der Waals surface area contributed by atoms with E-state index in [4.69, 9.17) is 19.4 Å². The first-order valence-electron chi connectivity index (χ1n) is 15.0. The second-order valence-corrected chi connectivity index (χ2v) is 13.8. The van der Waals surface area contributed by atoms with Gasteiger partial charge in [-0.05, 0) is 111 Å². The third-order valence-corrected chi connectivity index (χ3v) is 3.34. The fraction of sp³-hybridized carbons (Fsp3) is 0.686. The minimum atomic E-state index is -0.346. The van der Waals surface area contributed by atoms with Gasteiger partial charge >= 0.3 is 77.1 Å². The first-order valence-corrected chi connectivity index (χ1v) is 19.4. The quantitative estimate of drug-likeness (QED) is 0.0862. The Morgan fingerprint density at radius 3 is 0.429 bits per heavy atom. The molecule has 0 bridgehead atoms. The monoisotopic (exact) mass is 1030 g/mol. The fourth-order valence-electron chi connectivity index (χ4n) is 1.68. The molecule has 0 aromatic carbocycles. The van der Waals surface area contributed by atoms with Crippen molar-refractivity contribution in [3.05, 3.63) is 22.3 Å². The van der Waals surface area contributed by atoms with Crippen molar-refractivity contribution in [2.45, 2.75) is 159 Å². The second kappa shape index (κ2) is 63.7. The van der Waals surface area contributed by atoms with Gasteiger partial charge in [-0.1, -0.05) is 0 Å². The SMILES string of the molecule is CC(C)N=CC=NC(C)C.CC(C)N=CC=NC(C)C.CC(C)N=CC=NC(C)C.CC(C)N=CC=NC(C)C.[CH3-].[CH3-].[CH3-].[Cl][Ru][Cl].[I-].[Mg+2].[Ru+2]. The Morgan fingerprint density at radius 1 is 0.327 bits per heavy atom. The van der Waals surface area contributed by atoms with Crippen LogP contribution in [0.5, 0.6) is 0 Å². The van der Waals surface area contributed by atoms with Gasteiger partial charge in [0.15, 0.2) is 0 Å². The van der Waals surface area contributed by atoms with Gasteiger partial charge in [-0.3, -0.25) is 39.9 Å². The molecule has 0 heterocycles. The summed E-state index contributed by atoms with van der Waals surface area (Å²) in [4.78, 5) is 33.0. The molecule has 0 rings (SSSR count). The molecule has 0 atom stereocenters. The number of nitrogens with zero attached hydrogens (tertiary/aromatic N) is 8. The number of halogens is 3. The molecule has 0 aromatic rings. The van der Waals surface area contributed by atoms with E-state index in [-0.39, 0.29) is 104 Å². The summed E-state index contributed by atoms with van der Waals surface area (Å²) in [5.74, 6) is 0. The van der Waals surface area contributed by atoms with Gasteiger partial charge in [-0.25, -0.2) is 0 Å². The van der Waals surface area contributed by atoms with Crippen LogP contribution in [0, 0.1) is 22.3 Å². The first-order chi connectivity index (χ1) is 19.9. The van der Waals surface area contributed by atoms with Gasteiger partial charge in [0.1, 0.15) is 0 Å². The molecule has 292 valence electrons. The molecule has 8 nitrogen and oxygen atoms in total. The molecule has 0 saturated carbocycles. The zero-order chi connectivity index (χ0) is 34.6. The van der Waals surface area contributed by atoms with Crippen molar-refractivity contribution < 1.29 is 58.6 Å². The Labute approximate surface area is 368 Å². The van der Waals surface area contributed by atoms with E-state index >= 15 is 0 Å². The van der Waals surface area contributed by atoms with Crippen molar-refractivity contribution >= 4 is 92.2 Å². The third kappa shape index (κ3) is 129. The first kappa shape index (κ1) is 78.7. The summed E-state index contributed by atoms with van der Waals surface area (Å²) in [5.41, 5.74) is 0. The molecule has 0 spiro atoms. The Hall–Kier alpha value is 0.683. The summed E-state index contributed by atoms with van der Waals surface area (Å²) in [6.07, 6.45) is 14.0. The minimum Gasteiger partial charge on any atom is -1.00 e. The van der Waals surface area contributed by atoms with E-state index in [9.17, 15) is 0 Å². The van der Waals surface area contributed by atoms with E-state index in [1.807, 2.05) is 111 Å². The Bertz CT molecular complexity index is 611. The molecule has 0 fully saturated rings. The van der Waals surface area contributed by atoms with Gasteiger partial charge in [-0.15, -0.1) is 0 Å². The van der Waals surface area contributed by atoms with Crippen molar-refractivity contribution in [2.24, 2.45) is 39.9 Å². The van der Waals surface area contributed by atoms with Crippen LogP contribution in [0.3, 0.4) is 0 Å². The summed E-state index contributed by atoms with van der Waals surface area (Å²) in [6, 6.07) is 2.99. The molecule has 0 aromatic heterocycles. The molecule has 0 aliphatic heterocycles. The van der Waals surface area contributed by atoms with Gasteiger partial charge in [-0.2, -0.15) is 0 Å². The summed E-state index contributed by atoms with van der Waals surface area (Å²) >= 11 is -0.346. The third-order valence-electron chi connectivity index (χ3n) is 3.34. The average molecular weight is 1030 g/mol. The van der Waals surface area contributed by atoms with Crippen molar-refractivity contribution in [2.75, 3.05) is 0 Å². The van der Waals surface area contributed by atoms with Crippen LogP contribution in [-0.2, 0) is 34.6 Å². The van der Waals surface area contributed by atoms with Crippen LogP contribution < -0.4 is 24.0 Å². The average Bonchev–Trinajstić information content (AvgIpc) is 2.86. The van der Waals surface area contributed by atoms with Crippen LogP contribution in [0.25, 0.3) is 0 Å². The van der Waals surface area contributed by atoms with Crippen molar-refractivity contribution in [1.29, 1.82) is 0 Å². The number of hydrogen-bond acceptors (Lipinski definition) is 8. The Kier molecular flexibility index (Phi) is 102. The van der Waals surface area contributed by atoms with E-state index < -0.39 is 0 Å². The summed E-state index contributed by atoms with van der Waals surface area (Å²) in [7, 11) is 9.71. The summed E-state index contributed by atoms with van der Waals surface area (Å²) in [6.45, 7) is 32.7. The molecular weight excluding hydrogens is 957 g/mol. The number of aliphatic imine (C=N–C) groups is 8. The van der Waals surface area contributed by atoms with Crippen LogP contribution in [0.1, 0.15) is 111 Å². The van der Waals surface area contributed by atoms with E-state index in [0.717, 1.165) is 0 Å². The normalized spacial score (nSPS) is 11.1. The van der Waals surface area contributed by atoms with Gasteiger partial charge < -0.3 is 46.3 Å². The van der Waals surface area contributed by atoms with Crippen molar-refractivity contribution in [3.8, 4) is 0 Å². The largest absolute Gasteiger partial charge is 2.00 e. The predicted octanol–water partition coefficient (Wildman–Crippen LogP) is 7.13. The molecule has 0 N–H and O–H groups in total. The van der Waals surface area contributed by atoms with Gasteiger partial charge in [0.25, 0.3) is 0 Å². The van der Waals surface area contributed by atoms with E-state index in [1.165, 1.54) is 0 Å². The maximum atomic E-state index is 4.85. The smallest absolute Gasteiger partial charge is 1.00 e. The maximum absolute atomic E-state index is 4.85. The molecule has 0 unspecified atom stereocenters. The summed E-state index contributed by atoms with van der Waals surface area (Å²) in [5, 5.41) is 0. The van der Waals surface area contributed by atoms with Crippen LogP contribution >= 0.6 is 19.4 Å². The molecular formula is C35H73Cl2IMgN8Ru2. The Balaban J connectivity index is -0.0000000408. The number of rotatable bonds is 12. The van der Waals surface area contributed by atoms with E-state index in [0.29, 0.717) is 48.3 Å². The Morgan fingerprint density at radius 2 is 0.388 bits per heavy atom. The van der Waals surface area contributed by atoms with Gasteiger partial charge in [0.2, 0.25) is 0 Å². The van der Waals surface area contributed by atoms with Crippen LogP contribution in [-0.4, -0.2) is 121 Å². The zero-order valence-corrected chi connectivity index (χ0v) is 42.9. The molecule has 0 aliphatic carbocycles. The predicted molar refractivity (Wildman–Crippen MR) is 226 cm³/mol. The van der Waals surface area contributed by atoms with Crippen LogP contribution in [0.4, 0.5) is 0 Å². The van der Waals surface area contributed by atoms with E-state index in [2.05, 4.69) is 39.9 Å². The van der Waals surface area contributed by atoms with Crippen molar-refractivity contribution in [1.82, 2.24) is 0 Å². The topological polar surface area (TPSA) is 98.9 Å². The zero-order valence-electron chi connectivity index (χ0n) is 34.4. The van der Waals surface area contributed by atoms with Crippen molar-refractivity contribution in [3.63, 3.8) is 0 Å². The maximum Gasteiger partial charge on any atom is 2.00 e. The molecule has 14 heteroatoms.